The minimum absolute atomic E-state index is 0.0865. The maximum Gasteiger partial charge on any atom is 0.343 e. The van der Waals surface area contributed by atoms with Gasteiger partial charge in [-0.25, -0.2) is 9.78 Å². The lowest BCUT2D eigenvalue weighted by atomic mass is 9.86. The van der Waals surface area contributed by atoms with Crippen molar-refractivity contribution in [1.29, 1.82) is 0 Å². The molecule has 2 aliphatic heterocycles. The minimum atomic E-state index is -2.51. The smallest absolute Gasteiger partial charge is 0.343 e. The van der Waals surface area contributed by atoms with E-state index >= 15 is 0 Å². The van der Waals surface area contributed by atoms with E-state index in [2.05, 4.69) is 0 Å². The van der Waals surface area contributed by atoms with Crippen LogP contribution < -0.4 is 5.56 Å². The minimum Gasteiger partial charge on any atom is -0.508 e. The van der Waals surface area contributed by atoms with Crippen molar-refractivity contribution in [3.05, 3.63) is 56.9 Å². The molecule has 5 rings (SSSR count). The van der Waals surface area contributed by atoms with Gasteiger partial charge in [0.15, 0.2) is 13.9 Å². The number of benzene rings is 1. The zero-order chi connectivity index (χ0) is 23.0. The van der Waals surface area contributed by atoms with Crippen molar-refractivity contribution in [2.75, 3.05) is 0 Å². The second-order valence-corrected chi connectivity index (χ2v) is 13.2. The molecule has 0 saturated carbocycles. The first-order valence-electron chi connectivity index (χ1n) is 10.6. The van der Waals surface area contributed by atoms with Crippen LogP contribution in [0, 0.1) is 0 Å². The molecule has 0 unspecified atom stereocenters. The number of nitrogens with zero attached hydrogens (tertiary/aromatic N) is 2. The second-order valence-electron chi connectivity index (χ2n) is 9.22. The van der Waals surface area contributed by atoms with E-state index in [0.717, 1.165) is 10.9 Å². The van der Waals surface area contributed by atoms with Crippen LogP contribution in [0.3, 0.4) is 0 Å². The number of phenolic OH excluding ortho intramolecular Hbond substituents is 1. The van der Waals surface area contributed by atoms with Gasteiger partial charge in [-0.3, -0.25) is 4.79 Å². The van der Waals surface area contributed by atoms with Crippen LogP contribution in [0.2, 0.25) is 13.1 Å². The number of carbonyl (C=O) groups is 1. The lowest BCUT2D eigenvalue weighted by Crippen LogP contribution is -2.44. The molecule has 0 aliphatic carbocycles. The number of aromatic nitrogens is 2. The standard InChI is InChI=1S/C23H24N2O6Si/c1-4-23(29)16-8-18-20-12(9-25(18)21(27)14(16)10-31-22(23)28)7-13-15(11-32(2,3)30)19(26)6-5-17(13)24-20/h5-8,26,29-30H,4,9-11H2,1-3H3/t23-/m0/s1. The summed E-state index contributed by atoms with van der Waals surface area (Å²) in [6.07, 6.45) is 0.0865. The molecule has 0 fully saturated rings. The molecular weight excluding hydrogens is 428 g/mol. The van der Waals surface area contributed by atoms with Crippen molar-refractivity contribution >= 4 is 25.2 Å². The Labute approximate surface area is 184 Å². The van der Waals surface area contributed by atoms with E-state index in [0.29, 0.717) is 28.5 Å². The SMILES string of the molecule is CC[C@@]1(O)C(=O)OCc2c1cc1n(c2=O)Cc2cc3c(C[Si](C)(C)O)c(O)ccc3nc2-1. The number of carbonyl (C=O) groups excluding carboxylic acids is 1. The van der Waals surface area contributed by atoms with Gasteiger partial charge in [-0.05, 0) is 49.8 Å². The van der Waals surface area contributed by atoms with Crippen LogP contribution in [0.25, 0.3) is 22.3 Å². The summed E-state index contributed by atoms with van der Waals surface area (Å²) in [5.41, 5.74) is 1.61. The van der Waals surface area contributed by atoms with Gasteiger partial charge in [0.05, 0.1) is 29.0 Å². The first-order chi connectivity index (χ1) is 15.0. The lowest BCUT2D eigenvalue weighted by molar-refractivity contribution is -0.172. The summed E-state index contributed by atoms with van der Waals surface area (Å²) < 4.78 is 6.68. The Morgan fingerprint density at radius 3 is 2.69 bits per heavy atom. The van der Waals surface area contributed by atoms with E-state index in [-0.39, 0.29) is 42.0 Å². The number of hydrogen-bond acceptors (Lipinski definition) is 7. The van der Waals surface area contributed by atoms with Crippen LogP contribution in [0.5, 0.6) is 5.75 Å². The van der Waals surface area contributed by atoms with Crippen molar-refractivity contribution in [3.8, 4) is 17.1 Å². The Hall–Kier alpha value is -3.01. The number of hydrogen-bond donors (Lipinski definition) is 3. The molecule has 1 aromatic carbocycles. The van der Waals surface area contributed by atoms with Gasteiger partial charge in [-0.2, -0.15) is 0 Å². The lowest BCUT2D eigenvalue weighted by Gasteiger charge is -2.31. The largest absolute Gasteiger partial charge is 0.508 e. The molecule has 8 nitrogen and oxygen atoms in total. The number of aliphatic hydroxyl groups is 1. The summed E-state index contributed by atoms with van der Waals surface area (Å²) in [5.74, 6) is -0.641. The fourth-order valence-corrected chi connectivity index (χ4v) is 5.95. The number of aromatic hydroxyl groups is 1. The summed E-state index contributed by atoms with van der Waals surface area (Å²) >= 11 is 0. The Kier molecular flexibility index (Phi) is 4.40. The molecule has 0 radical (unpaired) electrons. The first kappa shape index (κ1) is 20.9. The highest BCUT2D eigenvalue weighted by molar-refractivity contribution is 6.69. The molecule has 3 aromatic rings. The highest BCUT2D eigenvalue weighted by atomic mass is 28.4. The van der Waals surface area contributed by atoms with Crippen LogP contribution in [-0.4, -0.2) is 38.8 Å². The molecule has 0 saturated heterocycles. The molecule has 9 heteroatoms. The molecule has 3 N–H and O–H groups in total. The summed E-state index contributed by atoms with van der Waals surface area (Å²) in [6, 6.07) is 7.24. The summed E-state index contributed by atoms with van der Waals surface area (Å²) in [5, 5.41) is 22.1. The number of fused-ring (bicyclic) bond motifs is 5. The van der Waals surface area contributed by atoms with E-state index < -0.39 is 19.9 Å². The van der Waals surface area contributed by atoms with Crippen LogP contribution in [-0.2, 0) is 34.3 Å². The van der Waals surface area contributed by atoms with Crippen molar-refractivity contribution in [2.24, 2.45) is 0 Å². The van der Waals surface area contributed by atoms with Gasteiger partial charge in [-0.15, -0.1) is 0 Å². The van der Waals surface area contributed by atoms with Crippen LogP contribution in [0.15, 0.2) is 29.1 Å². The molecule has 1 atom stereocenters. The Morgan fingerprint density at radius 1 is 1.25 bits per heavy atom. The second kappa shape index (κ2) is 6.74. The number of rotatable bonds is 3. The molecule has 0 amide bonds. The average Bonchev–Trinajstić information content (AvgIpc) is 3.09. The fourth-order valence-electron chi connectivity index (χ4n) is 4.72. The fraction of sp³-hybridized carbons (Fsp3) is 0.348. The predicted octanol–water partition coefficient (Wildman–Crippen LogP) is 2.06. The third-order valence-electron chi connectivity index (χ3n) is 6.39. The zero-order valence-electron chi connectivity index (χ0n) is 18.1. The number of cyclic esters (lactones) is 1. The molecule has 0 bridgehead atoms. The average molecular weight is 453 g/mol. The maximum atomic E-state index is 13.3. The zero-order valence-corrected chi connectivity index (χ0v) is 19.1. The van der Waals surface area contributed by atoms with Crippen LogP contribution >= 0.6 is 0 Å². The molecule has 2 aromatic heterocycles. The molecule has 166 valence electrons. The van der Waals surface area contributed by atoms with Gasteiger partial charge in [0.25, 0.3) is 5.56 Å². The predicted molar refractivity (Wildman–Crippen MR) is 120 cm³/mol. The number of ether oxygens (including phenoxy) is 1. The first-order valence-corrected chi connectivity index (χ1v) is 13.7. The topological polar surface area (TPSA) is 122 Å². The Morgan fingerprint density at radius 2 is 2.00 bits per heavy atom. The van der Waals surface area contributed by atoms with Gasteiger partial charge >= 0.3 is 5.97 Å². The Bertz CT molecular complexity index is 1370. The van der Waals surface area contributed by atoms with Crippen molar-refractivity contribution in [2.45, 2.75) is 51.2 Å². The van der Waals surface area contributed by atoms with Gasteiger partial charge in [0, 0.05) is 22.1 Å². The third-order valence-corrected chi connectivity index (χ3v) is 7.61. The third kappa shape index (κ3) is 2.92. The summed E-state index contributed by atoms with van der Waals surface area (Å²) in [7, 11) is -2.51. The molecule has 2 aliphatic rings. The van der Waals surface area contributed by atoms with E-state index in [1.54, 1.807) is 29.7 Å². The molecular formula is C23H24N2O6Si. The van der Waals surface area contributed by atoms with Crippen LogP contribution in [0.4, 0.5) is 0 Å². The summed E-state index contributed by atoms with van der Waals surface area (Å²) in [6.45, 7) is 5.40. The molecule has 32 heavy (non-hydrogen) atoms. The van der Waals surface area contributed by atoms with Gasteiger partial charge in [-0.1, -0.05) is 6.92 Å². The van der Waals surface area contributed by atoms with E-state index in [1.807, 2.05) is 19.2 Å². The number of phenols is 1. The van der Waals surface area contributed by atoms with E-state index in [9.17, 15) is 24.6 Å². The van der Waals surface area contributed by atoms with Gasteiger partial charge in [0.2, 0.25) is 0 Å². The van der Waals surface area contributed by atoms with Gasteiger partial charge in [0.1, 0.15) is 12.4 Å². The molecule has 4 heterocycles. The highest BCUT2D eigenvalue weighted by Gasteiger charge is 2.45. The van der Waals surface area contributed by atoms with Crippen molar-refractivity contribution < 1.29 is 24.5 Å². The number of pyridine rings is 2. The van der Waals surface area contributed by atoms with E-state index in [1.165, 1.54) is 0 Å². The highest BCUT2D eigenvalue weighted by Crippen LogP contribution is 2.39. The monoisotopic (exact) mass is 452 g/mol. The van der Waals surface area contributed by atoms with Crippen molar-refractivity contribution in [1.82, 2.24) is 9.55 Å². The Balaban J connectivity index is 1.74. The quantitative estimate of drug-likeness (QED) is 0.321. The molecule has 0 spiro atoms. The normalized spacial score (nSPS) is 19.5. The van der Waals surface area contributed by atoms with Crippen LogP contribution in [0.1, 0.15) is 35.6 Å². The van der Waals surface area contributed by atoms with Gasteiger partial charge < -0.3 is 24.3 Å². The van der Waals surface area contributed by atoms with E-state index in [4.69, 9.17) is 9.72 Å². The summed E-state index contributed by atoms with van der Waals surface area (Å²) in [4.78, 5) is 40.8. The number of esters is 1. The van der Waals surface area contributed by atoms with Crippen molar-refractivity contribution in [3.63, 3.8) is 0 Å². The maximum absolute atomic E-state index is 13.3.